The first-order valence-electron chi connectivity index (χ1n) is 5.64. The lowest BCUT2D eigenvalue weighted by Gasteiger charge is -2.33. The standard InChI is InChI=1S/C13H16FNO2/c1-7-8-3-4-13(2,6-16)12(17)11(8)10(15)5-9(7)14/h5,16H,3-4,6,15H2,1-2H3. The molecular weight excluding hydrogens is 221 g/mol. The number of fused-ring (bicyclic) bond motifs is 1. The van der Waals surface area contributed by atoms with Crippen molar-refractivity contribution in [2.24, 2.45) is 5.41 Å². The van der Waals surface area contributed by atoms with E-state index in [9.17, 15) is 14.3 Å². The SMILES string of the molecule is Cc1c(F)cc(N)c2c1CCC(C)(CO)C2=O. The van der Waals surface area contributed by atoms with E-state index in [2.05, 4.69) is 0 Å². The summed E-state index contributed by atoms with van der Waals surface area (Å²) in [5, 5.41) is 9.33. The van der Waals surface area contributed by atoms with E-state index in [1.807, 2.05) is 0 Å². The van der Waals surface area contributed by atoms with Crippen LogP contribution in [0.1, 0.15) is 34.8 Å². The molecule has 2 rings (SSSR count). The van der Waals surface area contributed by atoms with Crippen molar-refractivity contribution in [1.29, 1.82) is 0 Å². The van der Waals surface area contributed by atoms with Gasteiger partial charge >= 0.3 is 0 Å². The summed E-state index contributed by atoms with van der Waals surface area (Å²) < 4.78 is 13.5. The average Bonchev–Trinajstić information content (AvgIpc) is 2.29. The summed E-state index contributed by atoms with van der Waals surface area (Å²) in [6.07, 6.45) is 1.10. The minimum atomic E-state index is -0.786. The molecule has 0 bridgehead atoms. The third-order valence-electron chi connectivity index (χ3n) is 3.73. The van der Waals surface area contributed by atoms with E-state index >= 15 is 0 Å². The number of halogens is 1. The number of benzene rings is 1. The Morgan fingerprint density at radius 3 is 2.82 bits per heavy atom. The Hall–Kier alpha value is -1.42. The van der Waals surface area contributed by atoms with Gasteiger partial charge in [0.15, 0.2) is 5.78 Å². The van der Waals surface area contributed by atoms with Crippen LogP contribution in [-0.4, -0.2) is 17.5 Å². The predicted octanol–water partition coefficient (Wildman–Crippen LogP) is 1.84. The Kier molecular flexibility index (Phi) is 2.70. The molecule has 1 atom stereocenters. The molecule has 1 aliphatic carbocycles. The van der Waals surface area contributed by atoms with Crippen molar-refractivity contribution in [3.8, 4) is 0 Å². The maximum absolute atomic E-state index is 13.5. The monoisotopic (exact) mass is 237 g/mol. The van der Waals surface area contributed by atoms with Crippen molar-refractivity contribution in [1.82, 2.24) is 0 Å². The van der Waals surface area contributed by atoms with Crippen molar-refractivity contribution < 1.29 is 14.3 Å². The van der Waals surface area contributed by atoms with Crippen LogP contribution in [0.4, 0.5) is 10.1 Å². The fraction of sp³-hybridized carbons (Fsp3) is 0.462. The van der Waals surface area contributed by atoms with Gasteiger partial charge in [0, 0.05) is 11.3 Å². The molecule has 0 aromatic heterocycles. The second-order valence-electron chi connectivity index (χ2n) is 4.97. The zero-order chi connectivity index (χ0) is 12.8. The van der Waals surface area contributed by atoms with Crippen molar-refractivity contribution in [2.45, 2.75) is 26.7 Å². The number of nitrogens with two attached hydrogens (primary N) is 1. The number of rotatable bonds is 1. The summed E-state index contributed by atoms with van der Waals surface area (Å²) >= 11 is 0. The van der Waals surface area contributed by atoms with E-state index in [1.165, 1.54) is 6.07 Å². The topological polar surface area (TPSA) is 63.3 Å². The molecule has 0 spiro atoms. The lowest BCUT2D eigenvalue weighted by Crippen LogP contribution is -2.37. The number of nitrogen functional groups attached to an aromatic ring is 1. The third kappa shape index (κ3) is 1.63. The number of ketones is 1. The number of hydrogen-bond donors (Lipinski definition) is 2. The van der Waals surface area contributed by atoms with Gasteiger partial charge in [-0.3, -0.25) is 4.79 Å². The van der Waals surface area contributed by atoms with E-state index in [1.54, 1.807) is 13.8 Å². The fourth-order valence-corrected chi connectivity index (χ4v) is 2.37. The van der Waals surface area contributed by atoms with E-state index < -0.39 is 5.41 Å². The van der Waals surface area contributed by atoms with Crippen LogP contribution in [-0.2, 0) is 6.42 Å². The first-order chi connectivity index (χ1) is 7.90. The van der Waals surface area contributed by atoms with Gasteiger partial charge in [-0.1, -0.05) is 6.92 Å². The molecule has 0 fully saturated rings. The van der Waals surface area contributed by atoms with Crippen LogP contribution < -0.4 is 5.73 Å². The van der Waals surface area contributed by atoms with Crippen LogP contribution in [0, 0.1) is 18.2 Å². The Morgan fingerprint density at radius 2 is 2.24 bits per heavy atom. The lowest BCUT2D eigenvalue weighted by atomic mass is 9.71. The summed E-state index contributed by atoms with van der Waals surface area (Å²) in [6, 6.07) is 1.19. The molecule has 0 radical (unpaired) electrons. The maximum atomic E-state index is 13.5. The van der Waals surface area contributed by atoms with Gasteiger partial charge in [0.2, 0.25) is 0 Å². The summed E-state index contributed by atoms with van der Waals surface area (Å²) in [6.45, 7) is 3.17. The molecule has 0 aliphatic heterocycles. The first-order valence-corrected chi connectivity index (χ1v) is 5.64. The van der Waals surface area contributed by atoms with Gasteiger partial charge in [0.25, 0.3) is 0 Å². The van der Waals surface area contributed by atoms with E-state index in [0.717, 1.165) is 0 Å². The largest absolute Gasteiger partial charge is 0.398 e. The number of Topliss-reactive ketones (excluding diaryl/α,β-unsaturated/α-hetero) is 1. The molecule has 1 aromatic carbocycles. The van der Waals surface area contributed by atoms with Gasteiger partial charge in [-0.25, -0.2) is 4.39 Å². The van der Waals surface area contributed by atoms with Gasteiger partial charge in [-0.05, 0) is 37.0 Å². The predicted molar refractivity (Wildman–Crippen MR) is 63.4 cm³/mol. The van der Waals surface area contributed by atoms with E-state index in [0.29, 0.717) is 29.5 Å². The number of hydrogen-bond acceptors (Lipinski definition) is 3. The van der Waals surface area contributed by atoms with Crippen molar-refractivity contribution in [2.75, 3.05) is 12.3 Å². The van der Waals surface area contributed by atoms with Crippen LogP contribution in [0.5, 0.6) is 0 Å². The molecular formula is C13H16FNO2. The molecule has 0 heterocycles. The highest BCUT2D eigenvalue weighted by atomic mass is 19.1. The van der Waals surface area contributed by atoms with Gasteiger partial charge < -0.3 is 10.8 Å². The van der Waals surface area contributed by atoms with Gasteiger partial charge in [-0.2, -0.15) is 0 Å². The molecule has 3 N–H and O–H groups in total. The maximum Gasteiger partial charge on any atom is 0.173 e. The highest BCUT2D eigenvalue weighted by molar-refractivity contribution is 6.07. The number of carbonyl (C=O) groups excluding carboxylic acids is 1. The molecule has 3 nitrogen and oxygen atoms in total. The molecule has 17 heavy (non-hydrogen) atoms. The summed E-state index contributed by atoms with van der Waals surface area (Å²) in [4.78, 5) is 12.3. The third-order valence-corrected chi connectivity index (χ3v) is 3.73. The zero-order valence-electron chi connectivity index (χ0n) is 10.0. The Labute approximate surface area is 99.4 Å². The van der Waals surface area contributed by atoms with E-state index in [4.69, 9.17) is 5.73 Å². The Morgan fingerprint density at radius 1 is 1.59 bits per heavy atom. The van der Waals surface area contributed by atoms with Crippen molar-refractivity contribution in [3.63, 3.8) is 0 Å². The molecule has 1 aliphatic rings. The smallest absolute Gasteiger partial charge is 0.173 e. The molecule has 0 saturated carbocycles. The van der Waals surface area contributed by atoms with Gasteiger partial charge in [0.1, 0.15) is 5.82 Å². The summed E-state index contributed by atoms with van der Waals surface area (Å²) in [5.41, 5.74) is 6.70. The van der Waals surface area contributed by atoms with Gasteiger partial charge in [-0.15, -0.1) is 0 Å². The number of aliphatic hydroxyl groups excluding tert-OH is 1. The Balaban J connectivity index is 2.66. The minimum absolute atomic E-state index is 0.174. The molecule has 4 heteroatoms. The van der Waals surface area contributed by atoms with Crippen LogP contribution in [0.25, 0.3) is 0 Å². The molecule has 1 unspecified atom stereocenters. The first kappa shape index (κ1) is 12.0. The highest BCUT2D eigenvalue weighted by Crippen LogP contribution is 2.39. The molecule has 0 amide bonds. The van der Waals surface area contributed by atoms with Crippen LogP contribution in [0.3, 0.4) is 0 Å². The summed E-state index contributed by atoms with van der Waals surface area (Å²) in [7, 11) is 0. The second kappa shape index (κ2) is 3.81. The number of aliphatic hydroxyl groups is 1. The number of carbonyl (C=O) groups is 1. The minimum Gasteiger partial charge on any atom is -0.398 e. The van der Waals surface area contributed by atoms with Crippen LogP contribution in [0.15, 0.2) is 6.07 Å². The number of anilines is 1. The lowest BCUT2D eigenvalue weighted by molar-refractivity contribution is 0.0642. The van der Waals surface area contributed by atoms with Crippen LogP contribution in [0.2, 0.25) is 0 Å². The fourth-order valence-electron chi connectivity index (χ4n) is 2.37. The Bertz CT molecular complexity index is 499. The quantitative estimate of drug-likeness (QED) is 0.732. The molecule has 92 valence electrons. The average molecular weight is 237 g/mol. The van der Waals surface area contributed by atoms with E-state index in [-0.39, 0.29) is 23.9 Å². The van der Waals surface area contributed by atoms with Gasteiger partial charge in [0.05, 0.1) is 12.0 Å². The van der Waals surface area contributed by atoms with Crippen LogP contribution >= 0.6 is 0 Å². The molecule has 1 aromatic rings. The summed E-state index contributed by atoms with van der Waals surface area (Å²) in [5.74, 6) is -0.552. The second-order valence-corrected chi connectivity index (χ2v) is 4.97. The zero-order valence-corrected chi connectivity index (χ0v) is 10.0. The van der Waals surface area contributed by atoms with Crippen molar-refractivity contribution in [3.05, 3.63) is 28.6 Å². The molecule has 0 saturated heterocycles. The highest BCUT2D eigenvalue weighted by Gasteiger charge is 2.40. The normalized spacial score (nSPS) is 23.6. The van der Waals surface area contributed by atoms with Crippen molar-refractivity contribution >= 4 is 11.5 Å².